The molecule has 0 aromatic heterocycles. The quantitative estimate of drug-likeness (QED) is 0.657. The first kappa shape index (κ1) is 12.5. The second-order valence-electron chi connectivity index (χ2n) is 4.21. The molecule has 88 valence electrons. The molecule has 0 bridgehead atoms. The number of carbonyl (C=O) groups is 1. The van der Waals surface area contributed by atoms with Crippen LogP contribution in [-0.2, 0) is 9.53 Å². The Hall–Kier alpha value is -0.610. The first-order valence-electron chi connectivity index (χ1n) is 5.75. The Balaban J connectivity index is 1.97. The SMILES string of the molecule is CC1CC(NCCCCC(=O)O)CCO1. The summed E-state index contributed by atoms with van der Waals surface area (Å²) in [7, 11) is 0. The topological polar surface area (TPSA) is 58.6 Å². The number of hydrogen-bond acceptors (Lipinski definition) is 3. The van der Waals surface area contributed by atoms with Gasteiger partial charge in [0.05, 0.1) is 6.10 Å². The van der Waals surface area contributed by atoms with Crippen LogP contribution >= 0.6 is 0 Å². The molecule has 0 saturated carbocycles. The Labute approximate surface area is 91.0 Å². The first-order valence-corrected chi connectivity index (χ1v) is 5.75. The average Bonchev–Trinajstić information content (AvgIpc) is 2.17. The molecule has 1 saturated heterocycles. The summed E-state index contributed by atoms with van der Waals surface area (Å²) in [5.74, 6) is -0.699. The summed E-state index contributed by atoms with van der Waals surface area (Å²) in [5.41, 5.74) is 0. The summed E-state index contributed by atoms with van der Waals surface area (Å²) < 4.78 is 5.45. The van der Waals surface area contributed by atoms with E-state index in [1.165, 1.54) is 0 Å². The van der Waals surface area contributed by atoms with Crippen molar-refractivity contribution in [2.75, 3.05) is 13.2 Å². The minimum atomic E-state index is -0.699. The fourth-order valence-corrected chi connectivity index (χ4v) is 1.89. The standard InChI is InChI=1S/C11H21NO3/c1-9-8-10(5-7-15-9)12-6-3-2-4-11(13)14/h9-10,12H,2-8H2,1H3,(H,13,14). The lowest BCUT2D eigenvalue weighted by atomic mass is 10.0. The smallest absolute Gasteiger partial charge is 0.303 e. The van der Waals surface area contributed by atoms with Crippen LogP contribution < -0.4 is 5.32 Å². The van der Waals surface area contributed by atoms with Crippen molar-refractivity contribution >= 4 is 5.97 Å². The van der Waals surface area contributed by atoms with Gasteiger partial charge in [0.25, 0.3) is 0 Å². The van der Waals surface area contributed by atoms with Crippen molar-refractivity contribution in [1.82, 2.24) is 5.32 Å². The zero-order valence-corrected chi connectivity index (χ0v) is 9.37. The van der Waals surface area contributed by atoms with Crippen molar-refractivity contribution < 1.29 is 14.6 Å². The third-order valence-electron chi connectivity index (χ3n) is 2.74. The normalized spacial score (nSPS) is 26.5. The van der Waals surface area contributed by atoms with E-state index in [0.29, 0.717) is 12.1 Å². The van der Waals surface area contributed by atoms with Gasteiger partial charge in [-0.25, -0.2) is 0 Å². The zero-order chi connectivity index (χ0) is 11.1. The van der Waals surface area contributed by atoms with Crippen molar-refractivity contribution in [3.63, 3.8) is 0 Å². The second-order valence-corrected chi connectivity index (χ2v) is 4.21. The number of ether oxygens (including phenoxy) is 1. The van der Waals surface area contributed by atoms with Crippen LogP contribution in [0.3, 0.4) is 0 Å². The molecule has 0 spiro atoms. The van der Waals surface area contributed by atoms with Crippen LogP contribution in [-0.4, -0.2) is 36.4 Å². The molecule has 1 rings (SSSR count). The van der Waals surface area contributed by atoms with E-state index in [9.17, 15) is 4.79 Å². The van der Waals surface area contributed by atoms with Gasteiger partial charge in [0.1, 0.15) is 0 Å². The van der Waals surface area contributed by atoms with Crippen molar-refractivity contribution in [1.29, 1.82) is 0 Å². The summed E-state index contributed by atoms with van der Waals surface area (Å²) in [6, 6.07) is 0.554. The maximum Gasteiger partial charge on any atom is 0.303 e. The van der Waals surface area contributed by atoms with Gasteiger partial charge in [-0.05, 0) is 39.2 Å². The largest absolute Gasteiger partial charge is 0.481 e. The van der Waals surface area contributed by atoms with Gasteiger partial charge >= 0.3 is 5.97 Å². The molecule has 1 heterocycles. The summed E-state index contributed by atoms with van der Waals surface area (Å²) in [5, 5.41) is 11.9. The molecule has 1 aliphatic heterocycles. The highest BCUT2D eigenvalue weighted by Gasteiger charge is 2.18. The fraction of sp³-hybridized carbons (Fsp3) is 0.909. The lowest BCUT2D eigenvalue weighted by Crippen LogP contribution is -2.38. The Morgan fingerprint density at radius 1 is 1.53 bits per heavy atom. The number of carboxylic acid groups (broad SMARTS) is 1. The number of unbranched alkanes of at least 4 members (excludes halogenated alkanes) is 1. The molecule has 0 aromatic rings. The van der Waals surface area contributed by atoms with Crippen LogP contribution in [0.2, 0.25) is 0 Å². The molecule has 0 aromatic carbocycles. The van der Waals surface area contributed by atoms with Crippen LogP contribution in [0.1, 0.15) is 39.0 Å². The average molecular weight is 215 g/mol. The van der Waals surface area contributed by atoms with E-state index in [-0.39, 0.29) is 6.42 Å². The van der Waals surface area contributed by atoms with Gasteiger partial charge < -0.3 is 15.2 Å². The van der Waals surface area contributed by atoms with Crippen LogP contribution in [0, 0.1) is 0 Å². The molecule has 4 nitrogen and oxygen atoms in total. The van der Waals surface area contributed by atoms with Gasteiger partial charge in [-0.15, -0.1) is 0 Å². The molecule has 2 unspecified atom stereocenters. The third-order valence-corrected chi connectivity index (χ3v) is 2.74. The summed E-state index contributed by atoms with van der Waals surface area (Å²) in [4.78, 5) is 10.3. The van der Waals surface area contributed by atoms with Gasteiger partial charge in [0.2, 0.25) is 0 Å². The molecule has 2 atom stereocenters. The maximum atomic E-state index is 10.3. The van der Waals surface area contributed by atoms with Crippen LogP contribution in [0.25, 0.3) is 0 Å². The lowest BCUT2D eigenvalue weighted by Gasteiger charge is -2.28. The predicted octanol–water partition coefficient (Wildman–Crippen LogP) is 1.40. The van der Waals surface area contributed by atoms with Crippen molar-refractivity contribution in [2.45, 2.75) is 51.2 Å². The second kappa shape index (κ2) is 6.80. The third kappa shape index (κ3) is 5.74. The Kier molecular flexibility index (Phi) is 5.65. The van der Waals surface area contributed by atoms with Gasteiger partial charge in [-0.1, -0.05) is 0 Å². The minimum absolute atomic E-state index is 0.284. The van der Waals surface area contributed by atoms with Gasteiger partial charge in [0.15, 0.2) is 0 Å². The van der Waals surface area contributed by atoms with E-state index in [1.54, 1.807) is 0 Å². The first-order chi connectivity index (χ1) is 7.18. The van der Waals surface area contributed by atoms with Crippen LogP contribution in [0.5, 0.6) is 0 Å². The van der Waals surface area contributed by atoms with Crippen LogP contribution in [0.15, 0.2) is 0 Å². The Morgan fingerprint density at radius 2 is 2.33 bits per heavy atom. The molecule has 2 N–H and O–H groups in total. The van der Waals surface area contributed by atoms with Crippen molar-refractivity contribution in [3.05, 3.63) is 0 Å². The number of aliphatic carboxylic acids is 1. The zero-order valence-electron chi connectivity index (χ0n) is 9.37. The molecule has 0 aliphatic carbocycles. The van der Waals surface area contributed by atoms with Crippen molar-refractivity contribution in [3.8, 4) is 0 Å². The van der Waals surface area contributed by atoms with E-state index in [1.807, 2.05) is 0 Å². The predicted molar refractivity (Wildman–Crippen MR) is 57.9 cm³/mol. The highest BCUT2D eigenvalue weighted by atomic mass is 16.5. The Bertz CT molecular complexity index is 196. The minimum Gasteiger partial charge on any atom is -0.481 e. The van der Waals surface area contributed by atoms with Gasteiger partial charge in [-0.3, -0.25) is 4.79 Å². The molecular weight excluding hydrogens is 194 g/mol. The van der Waals surface area contributed by atoms with Gasteiger partial charge in [0, 0.05) is 19.1 Å². The highest BCUT2D eigenvalue weighted by Crippen LogP contribution is 2.13. The highest BCUT2D eigenvalue weighted by molar-refractivity contribution is 5.66. The van der Waals surface area contributed by atoms with E-state index in [2.05, 4.69) is 12.2 Å². The summed E-state index contributed by atoms with van der Waals surface area (Å²) >= 11 is 0. The van der Waals surface area contributed by atoms with E-state index in [4.69, 9.17) is 9.84 Å². The summed E-state index contributed by atoms with van der Waals surface area (Å²) in [6.07, 6.45) is 4.49. The number of hydrogen-bond donors (Lipinski definition) is 2. The van der Waals surface area contributed by atoms with E-state index < -0.39 is 5.97 Å². The fourth-order valence-electron chi connectivity index (χ4n) is 1.89. The number of rotatable bonds is 6. The number of nitrogens with one attached hydrogen (secondary N) is 1. The molecule has 1 fully saturated rings. The van der Waals surface area contributed by atoms with Crippen LogP contribution in [0.4, 0.5) is 0 Å². The molecule has 15 heavy (non-hydrogen) atoms. The molecule has 0 radical (unpaired) electrons. The molecule has 4 heteroatoms. The van der Waals surface area contributed by atoms with E-state index in [0.717, 1.165) is 38.8 Å². The van der Waals surface area contributed by atoms with Gasteiger partial charge in [-0.2, -0.15) is 0 Å². The van der Waals surface area contributed by atoms with Crippen molar-refractivity contribution in [2.24, 2.45) is 0 Å². The molecule has 0 amide bonds. The maximum absolute atomic E-state index is 10.3. The summed E-state index contributed by atoms with van der Waals surface area (Å²) in [6.45, 7) is 3.86. The Morgan fingerprint density at radius 3 is 3.00 bits per heavy atom. The number of carboxylic acids is 1. The lowest BCUT2D eigenvalue weighted by molar-refractivity contribution is -0.137. The monoisotopic (exact) mass is 215 g/mol. The molecule has 1 aliphatic rings. The van der Waals surface area contributed by atoms with E-state index >= 15 is 0 Å². The molecular formula is C11H21NO3.